The van der Waals surface area contributed by atoms with Gasteiger partial charge in [-0.15, -0.1) is 0 Å². The number of likely N-dealkylation sites (tertiary alicyclic amines) is 1. The number of fused-ring (bicyclic) bond motifs is 2. The Balaban J connectivity index is 1.33. The van der Waals surface area contributed by atoms with Gasteiger partial charge in [0.05, 0.1) is 30.1 Å². The van der Waals surface area contributed by atoms with E-state index < -0.39 is 54.3 Å². The van der Waals surface area contributed by atoms with Gasteiger partial charge in [0.15, 0.2) is 0 Å². The number of aromatic nitrogens is 1. The van der Waals surface area contributed by atoms with Crippen LogP contribution in [0.25, 0.3) is 10.9 Å². The Morgan fingerprint density at radius 2 is 1.62 bits per heavy atom. The molecule has 0 radical (unpaired) electrons. The summed E-state index contributed by atoms with van der Waals surface area (Å²) >= 11 is 0. The number of aliphatic hydroxyl groups is 1. The average molecular weight is 615 g/mol. The molecule has 2 aromatic carbocycles. The Labute approximate surface area is 262 Å². The number of piperidine rings is 1. The van der Waals surface area contributed by atoms with E-state index in [2.05, 4.69) is 15.6 Å². The van der Waals surface area contributed by atoms with Crippen LogP contribution >= 0.6 is 0 Å². The van der Waals surface area contributed by atoms with Crippen molar-refractivity contribution < 1.29 is 24.3 Å². The Morgan fingerprint density at radius 3 is 2.36 bits per heavy atom. The molecule has 238 valence electrons. The average Bonchev–Trinajstić information content (AvgIpc) is 3.03. The molecule has 0 unspecified atom stereocenters. The number of aliphatic hydroxyl groups excluding tert-OH is 1. The lowest BCUT2D eigenvalue weighted by Crippen LogP contribution is -2.59. The van der Waals surface area contributed by atoms with Crippen LogP contribution in [0.4, 0.5) is 0 Å². The van der Waals surface area contributed by atoms with Gasteiger partial charge in [-0.1, -0.05) is 73.9 Å². The quantitative estimate of drug-likeness (QED) is 0.206. The molecule has 1 aliphatic carbocycles. The van der Waals surface area contributed by atoms with Crippen LogP contribution in [-0.2, 0) is 20.8 Å². The number of carbonyl (C=O) groups excluding carboxylic acids is 4. The highest BCUT2D eigenvalue weighted by atomic mass is 16.3. The molecule has 11 heteroatoms. The van der Waals surface area contributed by atoms with Crippen LogP contribution in [0.5, 0.6) is 0 Å². The number of nitrogens with two attached hydrogens (primary N) is 2. The first kappa shape index (κ1) is 32.1. The number of primary amides is 2. The highest BCUT2D eigenvalue weighted by Crippen LogP contribution is 2.38. The minimum Gasteiger partial charge on any atom is -0.390 e. The van der Waals surface area contributed by atoms with Crippen molar-refractivity contribution in [2.75, 3.05) is 13.1 Å². The zero-order chi connectivity index (χ0) is 31.9. The summed E-state index contributed by atoms with van der Waals surface area (Å²) in [7, 11) is 0. The minimum absolute atomic E-state index is 0.0837. The summed E-state index contributed by atoms with van der Waals surface area (Å²) in [5.74, 6) is -1.62. The molecule has 6 atom stereocenters. The van der Waals surface area contributed by atoms with Gasteiger partial charge < -0.3 is 27.2 Å². The van der Waals surface area contributed by atoms with Crippen molar-refractivity contribution in [3.63, 3.8) is 0 Å². The third-order valence-electron chi connectivity index (χ3n) is 9.20. The predicted octanol–water partition coefficient (Wildman–Crippen LogP) is 1.66. The molecule has 5 rings (SSSR count). The second kappa shape index (κ2) is 14.6. The SMILES string of the molecule is NC(=O)C[C@H](NC(=O)c1ccc2ccccc2n1)C(=O)N[C@@H](Cc1ccccc1)[C@H](O)CN1C[C@H]2CCCC[C@@H]2C[C@H]1C(N)=O. The van der Waals surface area contributed by atoms with Crippen molar-refractivity contribution in [1.82, 2.24) is 20.5 Å². The number of rotatable bonds is 12. The van der Waals surface area contributed by atoms with Crippen molar-refractivity contribution in [2.24, 2.45) is 23.3 Å². The third-order valence-corrected chi connectivity index (χ3v) is 9.20. The lowest BCUT2D eigenvalue weighted by atomic mass is 9.72. The zero-order valence-corrected chi connectivity index (χ0v) is 25.3. The molecule has 1 saturated heterocycles. The maximum atomic E-state index is 13.7. The Hall–Kier alpha value is -4.35. The molecule has 2 heterocycles. The monoisotopic (exact) mass is 614 g/mol. The number of carbonyl (C=O) groups is 4. The van der Waals surface area contributed by atoms with Gasteiger partial charge in [-0.2, -0.15) is 0 Å². The first-order valence-corrected chi connectivity index (χ1v) is 15.7. The summed E-state index contributed by atoms with van der Waals surface area (Å²) in [6.45, 7) is 0.781. The fraction of sp³-hybridized carbons (Fsp3) is 0.441. The zero-order valence-electron chi connectivity index (χ0n) is 25.3. The van der Waals surface area contributed by atoms with E-state index in [9.17, 15) is 24.3 Å². The first-order chi connectivity index (χ1) is 21.7. The lowest BCUT2D eigenvalue weighted by molar-refractivity contribution is -0.130. The van der Waals surface area contributed by atoms with Crippen molar-refractivity contribution in [2.45, 2.75) is 69.2 Å². The van der Waals surface area contributed by atoms with Crippen molar-refractivity contribution in [3.05, 3.63) is 78.0 Å². The Kier molecular flexibility index (Phi) is 10.4. The lowest BCUT2D eigenvalue weighted by Gasteiger charge is -2.46. The van der Waals surface area contributed by atoms with Gasteiger partial charge >= 0.3 is 0 Å². The predicted molar refractivity (Wildman–Crippen MR) is 170 cm³/mol. The highest BCUT2D eigenvalue weighted by molar-refractivity contribution is 5.99. The molecule has 11 nitrogen and oxygen atoms in total. The molecule has 0 bridgehead atoms. The molecule has 45 heavy (non-hydrogen) atoms. The van der Waals surface area contributed by atoms with Gasteiger partial charge in [-0.05, 0) is 48.8 Å². The van der Waals surface area contributed by atoms with Crippen molar-refractivity contribution >= 4 is 34.5 Å². The molecule has 2 aliphatic rings. The van der Waals surface area contributed by atoms with Gasteiger partial charge in [-0.3, -0.25) is 24.1 Å². The van der Waals surface area contributed by atoms with Gasteiger partial charge in [0.25, 0.3) is 5.91 Å². The van der Waals surface area contributed by atoms with Gasteiger partial charge in [0, 0.05) is 18.5 Å². The fourth-order valence-electron chi connectivity index (χ4n) is 6.83. The van der Waals surface area contributed by atoms with E-state index in [4.69, 9.17) is 11.5 Å². The Morgan fingerprint density at radius 1 is 0.911 bits per heavy atom. The smallest absolute Gasteiger partial charge is 0.270 e. The summed E-state index contributed by atoms with van der Waals surface area (Å²) in [4.78, 5) is 57.6. The molecule has 1 saturated carbocycles. The molecular formula is C34H42N6O5. The third kappa shape index (κ3) is 8.23. The normalized spacial score (nSPS) is 22.0. The molecule has 1 aromatic heterocycles. The highest BCUT2D eigenvalue weighted by Gasteiger charge is 2.40. The van der Waals surface area contributed by atoms with Crippen LogP contribution in [0.15, 0.2) is 66.7 Å². The summed E-state index contributed by atoms with van der Waals surface area (Å²) in [6.07, 6.45) is 3.87. The topological polar surface area (TPSA) is 181 Å². The largest absolute Gasteiger partial charge is 0.390 e. The number of nitrogens with zero attached hydrogens (tertiary/aromatic N) is 2. The summed E-state index contributed by atoms with van der Waals surface area (Å²) in [6, 6.07) is 17.4. The molecule has 4 amide bonds. The molecule has 3 aromatic rings. The van der Waals surface area contributed by atoms with Gasteiger partial charge in [0.2, 0.25) is 17.7 Å². The number of amides is 4. The van der Waals surface area contributed by atoms with Crippen molar-refractivity contribution in [3.8, 4) is 0 Å². The number of nitrogens with one attached hydrogen (secondary N) is 2. The maximum Gasteiger partial charge on any atom is 0.270 e. The number of benzene rings is 2. The molecule has 0 spiro atoms. The first-order valence-electron chi connectivity index (χ1n) is 15.7. The van der Waals surface area contributed by atoms with Gasteiger partial charge in [0.1, 0.15) is 11.7 Å². The summed E-state index contributed by atoms with van der Waals surface area (Å²) in [5, 5.41) is 17.9. The minimum atomic E-state index is -1.30. The standard InChI is InChI=1S/C34H42N6O5/c35-31(42)18-28(39-33(44)26-15-14-22-10-6-7-13-25(22)37-26)34(45)38-27(16-21-8-2-1-3-9-21)30(41)20-40-19-24-12-5-4-11-23(24)17-29(40)32(36)43/h1-3,6-10,13-15,23-24,27-30,41H,4-5,11-12,16-20H2,(H2,35,42)(H2,36,43)(H,38,45)(H,39,44)/t23-,24-,27+,28+,29+,30-/m1/s1. The Bertz CT molecular complexity index is 1520. The molecule has 1 aliphatic heterocycles. The van der Waals surface area contributed by atoms with Gasteiger partial charge in [-0.25, -0.2) is 4.98 Å². The fourth-order valence-corrected chi connectivity index (χ4v) is 6.83. The van der Waals surface area contributed by atoms with Crippen LogP contribution in [0.1, 0.15) is 54.6 Å². The molecule has 7 N–H and O–H groups in total. The van der Waals surface area contributed by atoms with E-state index in [0.29, 0.717) is 30.3 Å². The van der Waals surface area contributed by atoms with Crippen LogP contribution in [0, 0.1) is 11.8 Å². The second-order valence-electron chi connectivity index (χ2n) is 12.4. The van der Waals surface area contributed by atoms with E-state index in [0.717, 1.165) is 36.6 Å². The van der Waals surface area contributed by atoms with Crippen LogP contribution < -0.4 is 22.1 Å². The van der Waals surface area contributed by atoms with E-state index in [1.54, 1.807) is 18.2 Å². The van der Waals surface area contributed by atoms with E-state index >= 15 is 0 Å². The summed E-state index contributed by atoms with van der Waals surface area (Å²) < 4.78 is 0. The number of β-amino-alcohol motifs (C(OH)–C–C–N with tert-alkyl or cyclic N) is 1. The summed E-state index contributed by atoms with van der Waals surface area (Å²) in [5.41, 5.74) is 12.9. The number of pyridine rings is 1. The van der Waals surface area contributed by atoms with Crippen LogP contribution in [-0.4, -0.2) is 75.9 Å². The van der Waals surface area contributed by atoms with Crippen LogP contribution in [0.3, 0.4) is 0 Å². The molecular weight excluding hydrogens is 572 g/mol. The number of hydrogen-bond acceptors (Lipinski definition) is 7. The van der Waals surface area contributed by atoms with E-state index in [-0.39, 0.29) is 18.7 Å². The van der Waals surface area contributed by atoms with E-state index in [1.165, 1.54) is 0 Å². The second-order valence-corrected chi connectivity index (χ2v) is 12.4. The van der Waals surface area contributed by atoms with Crippen LogP contribution in [0.2, 0.25) is 0 Å². The maximum absolute atomic E-state index is 13.7. The molecule has 2 fully saturated rings. The van der Waals surface area contributed by atoms with Crippen molar-refractivity contribution in [1.29, 1.82) is 0 Å². The number of para-hydroxylation sites is 1. The van der Waals surface area contributed by atoms with E-state index in [1.807, 2.05) is 53.4 Å². The number of hydrogen-bond donors (Lipinski definition) is 5.